The van der Waals surface area contributed by atoms with E-state index in [9.17, 15) is 9.90 Å². The van der Waals surface area contributed by atoms with Crippen molar-refractivity contribution in [3.05, 3.63) is 59.9 Å². The third-order valence-corrected chi connectivity index (χ3v) is 9.47. The Morgan fingerprint density at radius 2 is 1.86 bits per heavy atom. The molecule has 8 heteroatoms. The second-order valence-corrected chi connectivity index (χ2v) is 13.0. The SMILES string of the molecule is COc1ccc(CCN2C[C@H](O)C(C)(C)COCCC[C@H]3CN(Cc4nc5ccccc5n4C)CC[C@H]3CC2=O)cc1. The van der Waals surface area contributed by atoms with Gasteiger partial charge < -0.3 is 24.0 Å². The summed E-state index contributed by atoms with van der Waals surface area (Å²) in [4.78, 5) is 23.2. The molecule has 2 aromatic carbocycles. The van der Waals surface area contributed by atoms with Crippen LogP contribution in [0.3, 0.4) is 0 Å². The fraction of sp³-hybridized carbons (Fsp3) is 0.588. The summed E-state index contributed by atoms with van der Waals surface area (Å²) >= 11 is 0. The second-order valence-electron chi connectivity index (χ2n) is 13.0. The number of benzene rings is 2. The molecule has 42 heavy (non-hydrogen) atoms. The van der Waals surface area contributed by atoms with Gasteiger partial charge in [-0.25, -0.2) is 4.98 Å². The lowest BCUT2D eigenvalue weighted by Crippen LogP contribution is -2.47. The smallest absolute Gasteiger partial charge is 0.222 e. The summed E-state index contributed by atoms with van der Waals surface area (Å²) in [5.74, 6) is 2.80. The molecule has 1 amide bonds. The lowest BCUT2D eigenvalue weighted by Gasteiger charge is -2.39. The first-order chi connectivity index (χ1) is 20.2. The van der Waals surface area contributed by atoms with Crippen LogP contribution in [0.1, 0.15) is 50.9 Å². The highest BCUT2D eigenvalue weighted by atomic mass is 16.5. The summed E-state index contributed by atoms with van der Waals surface area (Å²) < 4.78 is 13.6. The van der Waals surface area contributed by atoms with E-state index >= 15 is 0 Å². The van der Waals surface area contributed by atoms with E-state index in [2.05, 4.69) is 46.8 Å². The van der Waals surface area contributed by atoms with Crippen molar-refractivity contribution in [1.29, 1.82) is 0 Å². The first-order valence-electron chi connectivity index (χ1n) is 15.5. The molecular weight excluding hydrogens is 528 g/mol. The molecule has 2 fully saturated rings. The maximum absolute atomic E-state index is 13.9. The number of nitrogens with zero attached hydrogens (tertiary/aromatic N) is 4. The normalized spacial score (nSPS) is 24.5. The van der Waals surface area contributed by atoms with Crippen LogP contribution in [-0.4, -0.2) is 83.0 Å². The summed E-state index contributed by atoms with van der Waals surface area (Å²) in [6.45, 7) is 8.84. The van der Waals surface area contributed by atoms with E-state index in [1.807, 2.05) is 36.9 Å². The molecule has 8 nitrogen and oxygen atoms in total. The van der Waals surface area contributed by atoms with Crippen molar-refractivity contribution in [2.75, 3.05) is 46.5 Å². The van der Waals surface area contributed by atoms with Crippen LogP contribution >= 0.6 is 0 Å². The average Bonchev–Trinajstić information content (AvgIpc) is 3.30. The summed E-state index contributed by atoms with van der Waals surface area (Å²) in [6.07, 6.45) is 3.58. The van der Waals surface area contributed by atoms with Crippen molar-refractivity contribution >= 4 is 16.9 Å². The van der Waals surface area contributed by atoms with E-state index in [4.69, 9.17) is 14.5 Å². The Morgan fingerprint density at radius 1 is 1.07 bits per heavy atom. The lowest BCUT2D eigenvalue weighted by atomic mass is 9.80. The number of aryl methyl sites for hydroxylation is 1. The van der Waals surface area contributed by atoms with Crippen LogP contribution in [-0.2, 0) is 29.5 Å². The minimum atomic E-state index is -0.663. The Hall–Kier alpha value is -2.94. The van der Waals surface area contributed by atoms with Crippen molar-refractivity contribution in [3.8, 4) is 5.75 Å². The molecule has 2 aliphatic heterocycles. The quantitative estimate of drug-likeness (QED) is 0.459. The van der Waals surface area contributed by atoms with Gasteiger partial charge in [0.15, 0.2) is 0 Å². The number of imidazole rings is 1. The number of fused-ring (bicyclic) bond motifs is 2. The highest BCUT2D eigenvalue weighted by Crippen LogP contribution is 2.33. The molecule has 1 aromatic heterocycles. The number of hydrogen-bond donors (Lipinski definition) is 1. The molecule has 3 aromatic rings. The molecule has 2 saturated heterocycles. The van der Waals surface area contributed by atoms with Crippen molar-refractivity contribution in [3.63, 3.8) is 0 Å². The van der Waals surface area contributed by atoms with Crippen molar-refractivity contribution in [2.45, 2.75) is 58.6 Å². The topological polar surface area (TPSA) is 80.1 Å². The van der Waals surface area contributed by atoms with Crippen molar-refractivity contribution in [2.24, 2.45) is 24.3 Å². The standard InChI is InChI=1S/C34H48N4O4/c1-34(2)24-42-19-7-8-27-21-37(23-32-35-29-9-5-6-10-30(29)36(32)3)17-16-26(27)20-33(40)38(22-31(34)39)18-15-25-11-13-28(41-4)14-12-25/h5-6,9-14,26-27,31,39H,7-8,15-24H2,1-4H3/t26-,27-,31-/m0/s1. The van der Waals surface area contributed by atoms with E-state index in [-0.39, 0.29) is 5.91 Å². The van der Waals surface area contributed by atoms with Crippen molar-refractivity contribution in [1.82, 2.24) is 19.4 Å². The van der Waals surface area contributed by atoms with Gasteiger partial charge in [0.25, 0.3) is 0 Å². The Labute approximate surface area is 250 Å². The number of aromatic nitrogens is 2. The van der Waals surface area contributed by atoms with E-state index < -0.39 is 11.5 Å². The van der Waals surface area contributed by atoms with Crippen molar-refractivity contribution < 1.29 is 19.4 Å². The summed E-state index contributed by atoms with van der Waals surface area (Å²) in [5, 5.41) is 11.2. The maximum Gasteiger partial charge on any atom is 0.222 e. The summed E-state index contributed by atoms with van der Waals surface area (Å²) in [6, 6.07) is 16.3. The molecule has 0 bridgehead atoms. The van der Waals surface area contributed by atoms with Gasteiger partial charge in [0.05, 0.1) is 37.4 Å². The van der Waals surface area contributed by atoms with Crippen LogP contribution in [0.4, 0.5) is 0 Å². The number of aliphatic hydroxyl groups excluding tert-OH is 1. The highest BCUT2D eigenvalue weighted by molar-refractivity contribution is 5.77. The van der Waals surface area contributed by atoms with Gasteiger partial charge in [-0.2, -0.15) is 0 Å². The van der Waals surface area contributed by atoms with Crippen LogP contribution in [0.2, 0.25) is 0 Å². The van der Waals surface area contributed by atoms with E-state index in [0.717, 1.165) is 73.5 Å². The molecule has 1 N–H and O–H groups in total. The molecule has 3 heterocycles. The molecule has 3 atom stereocenters. The minimum Gasteiger partial charge on any atom is -0.497 e. The van der Waals surface area contributed by atoms with Gasteiger partial charge in [-0.05, 0) is 73.9 Å². The third-order valence-electron chi connectivity index (χ3n) is 9.47. The number of hydrogen-bond acceptors (Lipinski definition) is 6. The van der Waals surface area contributed by atoms with Gasteiger partial charge in [0, 0.05) is 45.1 Å². The number of methoxy groups -OCH3 is 1. The fourth-order valence-corrected chi connectivity index (χ4v) is 6.49. The van der Waals surface area contributed by atoms with Crippen LogP contribution in [0.5, 0.6) is 5.75 Å². The summed E-state index contributed by atoms with van der Waals surface area (Å²) in [7, 11) is 3.76. The Kier molecular flexibility index (Phi) is 9.86. The van der Waals surface area contributed by atoms with Gasteiger partial charge in [0.2, 0.25) is 5.91 Å². The van der Waals surface area contributed by atoms with E-state index in [1.54, 1.807) is 7.11 Å². The zero-order valence-electron chi connectivity index (χ0n) is 25.8. The second kappa shape index (κ2) is 13.6. The van der Waals surface area contributed by atoms with Gasteiger partial charge in [-0.15, -0.1) is 0 Å². The van der Waals surface area contributed by atoms with Crippen LogP contribution in [0.25, 0.3) is 11.0 Å². The maximum atomic E-state index is 13.9. The fourth-order valence-electron chi connectivity index (χ4n) is 6.49. The zero-order chi connectivity index (χ0) is 29.7. The molecule has 0 saturated carbocycles. The minimum absolute atomic E-state index is 0.150. The Bertz CT molecular complexity index is 1320. The molecule has 0 spiro atoms. The number of piperidine rings is 1. The van der Waals surface area contributed by atoms with Gasteiger partial charge in [0.1, 0.15) is 11.6 Å². The highest BCUT2D eigenvalue weighted by Gasteiger charge is 2.35. The number of rotatable bonds is 6. The number of amides is 1. The number of para-hydroxylation sites is 2. The first-order valence-corrected chi connectivity index (χ1v) is 15.5. The molecule has 5 rings (SSSR count). The van der Waals surface area contributed by atoms with Gasteiger partial charge in [-0.1, -0.05) is 38.1 Å². The zero-order valence-corrected chi connectivity index (χ0v) is 25.8. The molecular formula is C34H48N4O4. The predicted octanol–water partition coefficient (Wildman–Crippen LogP) is 4.68. The Balaban J connectivity index is 1.29. The number of likely N-dealkylation sites (tertiary alicyclic amines) is 1. The Morgan fingerprint density at radius 3 is 2.62 bits per heavy atom. The van der Waals surface area contributed by atoms with Crippen LogP contribution in [0.15, 0.2) is 48.5 Å². The van der Waals surface area contributed by atoms with E-state index in [1.165, 1.54) is 0 Å². The molecule has 228 valence electrons. The number of aliphatic hydroxyl groups is 1. The molecule has 0 radical (unpaired) electrons. The molecule has 0 unspecified atom stereocenters. The number of β-amino-alcohol motifs (C(OH)–C–C–N with tert-alkyl or cyclic N) is 1. The van der Waals surface area contributed by atoms with Crippen LogP contribution in [0, 0.1) is 17.3 Å². The third kappa shape index (κ3) is 7.33. The van der Waals surface area contributed by atoms with Gasteiger partial charge >= 0.3 is 0 Å². The lowest BCUT2D eigenvalue weighted by molar-refractivity contribution is -0.136. The molecule has 2 aliphatic rings. The number of carbonyl (C=O) groups is 1. The molecule has 0 aliphatic carbocycles. The average molecular weight is 577 g/mol. The largest absolute Gasteiger partial charge is 0.497 e. The van der Waals surface area contributed by atoms with Gasteiger partial charge in [-0.3, -0.25) is 9.69 Å². The first kappa shape index (κ1) is 30.5. The monoisotopic (exact) mass is 576 g/mol. The van der Waals surface area contributed by atoms with E-state index in [0.29, 0.717) is 44.6 Å². The number of carbonyl (C=O) groups excluding carboxylic acids is 1. The number of ether oxygens (including phenoxy) is 2. The predicted molar refractivity (Wildman–Crippen MR) is 165 cm³/mol. The van der Waals surface area contributed by atoms with Crippen LogP contribution < -0.4 is 4.74 Å². The summed E-state index contributed by atoms with van der Waals surface area (Å²) in [5.41, 5.74) is 2.90.